The Hall–Kier alpha value is -0.430. The topological polar surface area (TPSA) is 3.24 Å². The molecule has 0 saturated heterocycles. The van der Waals surface area contributed by atoms with Crippen LogP contribution in [0, 0.1) is 0 Å². The Bertz CT molecular complexity index is 149. The fourth-order valence-electron chi connectivity index (χ4n) is 0.972. The van der Waals surface area contributed by atoms with E-state index in [4.69, 9.17) is 0 Å². The molecule has 1 aliphatic rings. The first-order valence-corrected chi connectivity index (χ1v) is 3.41. The Balaban J connectivity index is 0.000000810. The third kappa shape index (κ3) is 2.44. The van der Waals surface area contributed by atoms with Crippen LogP contribution in [0.4, 0.5) is 0 Å². The molecule has 2 heteroatoms. The summed E-state index contributed by atoms with van der Waals surface area (Å²) in [5.74, 6) is 0. The van der Waals surface area contributed by atoms with Gasteiger partial charge < -0.3 is 4.90 Å². The number of hydrogen-bond acceptors (Lipinski definition) is 1. The summed E-state index contributed by atoms with van der Waals surface area (Å²) in [7, 11) is 0. The zero-order valence-electron chi connectivity index (χ0n) is 6.50. The van der Waals surface area contributed by atoms with Crippen LogP contribution >= 0.6 is 12.4 Å². The summed E-state index contributed by atoms with van der Waals surface area (Å²) in [5, 5.41) is 0. The largest absolute Gasteiger partial charge is 0.374 e. The lowest BCUT2D eigenvalue weighted by Crippen LogP contribution is -2.20. The number of likely N-dealkylation sites (N-methyl/N-ethyl adjacent to an activating group) is 1. The first-order chi connectivity index (χ1) is 4.33. The lowest BCUT2D eigenvalue weighted by molar-refractivity contribution is 0.425. The van der Waals surface area contributed by atoms with E-state index >= 15 is 0 Å². The molecule has 1 nitrogen and oxygen atoms in total. The normalized spacial score (nSPS) is 16.2. The molecular formula is C8H14ClN. The summed E-state index contributed by atoms with van der Waals surface area (Å²) >= 11 is 0. The van der Waals surface area contributed by atoms with Crippen molar-refractivity contribution in [3.63, 3.8) is 0 Å². The third-order valence-corrected chi connectivity index (χ3v) is 1.54. The van der Waals surface area contributed by atoms with Gasteiger partial charge in [-0.3, -0.25) is 0 Å². The van der Waals surface area contributed by atoms with E-state index in [0.29, 0.717) is 0 Å². The Morgan fingerprint density at radius 3 is 2.70 bits per heavy atom. The molecular weight excluding hydrogens is 146 g/mol. The van der Waals surface area contributed by atoms with E-state index in [1.54, 1.807) is 0 Å². The molecule has 0 fully saturated rings. The van der Waals surface area contributed by atoms with Crippen LogP contribution in [0.3, 0.4) is 0 Å². The maximum atomic E-state index is 2.29. The van der Waals surface area contributed by atoms with Gasteiger partial charge in [-0.15, -0.1) is 12.4 Å². The molecule has 0 aromatic heterocycles. The van der Waals surface area contributed by atoms with E-state index in [2.05, 4.69) is 37.1 Å². The highest BCUT2D eigenvalue weighted by Gasteiger charge is 1.98. The van der Waals surface area contributed by atoms with Crippen molar-refractivity contribution in [3.05, 3.63) is 23.9 Å². The predicted molar refractivity (Wildman–Crippen MR) is 47.4 cm³/mol. The molecule has 1 aliphatic heterocycles. The molecule has 58 valence electrons. The average molecular weight is 160 g/mol. The van der Waals surface area contributed by atoms with E-state index in [9.17, 15) is 0 Å². The molecule has 0 aromatic rings. The highest BCUT2D eigenvalue weighted by Crippen LogP contribution is 2.04. The van der Waals surface area contributed by atoms with E-state index in [1.807, 2.05) is 0 Å². The first-order valence-electron chi connectivity index (χ1n) is 3.41. The van der Waals surface area contributed by atoms with Gasteiger partial charge in [0.15, 0.2) is 0 Å². The Morgan fingerprint density at radius 1 is 1.60 bits per heavy atom. The molecule has 0 unspecified atom stereocenters. The van der Waals surface area contributed by atoms with Crippen molar-refractivity contribution < 1.29 is 0 Å². The monoisotopic (exact) mass is 159 g/mol. The third-order valence-electron chi connectivity index (χ3n) is 1.54. The van der Waals surface area contributed by atoms with Gasteiger partial charge in [0.2, 0.25) is 0 Å². The molecule has 0 radical (unpaired) electrons. The fourth-order valence-corrected chi connectivity index (χ4v) is 0.972. The summed E-state index contributed by atoms with van der Waals surface area (Å²) < 4.78 is 0. The van der Waals surface area contributed by atoms with E-state index in [1.165, 1.54) is 5.57 Å². The first kappa shape index (κ1) is 9.57. The number of rotatable bonds is 1. The molecule has 0 aliphatic carbocycles. The lowest BCUT2D eigenvalue weighted by atomic mass is 10.2. The van der Waals surface area contributed by atoms with Crippen LogP contribution in [-0.2, 0) is 0 Å². The standard InChI is InChI=1S/C8H13N.ClH/c1-3-9-6-4-5-8(2)7-9;/h4-6H,3,7H2,1-2H3;1H. The molecule has 0 N–H and O–H groups in total. The maximum absolute atomic E-state index is 2.29. The average Bonchev–Trinajstić information content (AvgIpc) is 1.88. The number of allylic oxidation sites excluding steroid dienone is 2. The molecule has 0 aromatic carbocycles. The van der Waals surface area contributed by atoms with Crippen molar-refractivity contribution in [2.45, 2.75) is 13.8 Å². The highest BCUT2D eigenvalue weighted by molar-refractivity contribution is 5.85. The van der Waals surface area contributed by atoms with Gasteiger partial charge in [0.05, 0.1) is 0 Å². The van der Waals surface area contributed by atoms with Gasteiger partial charge in [0, 0.05) is 13.1 Å². The smallest absolute Gasteiger partial charge is 0.0383 e. The van der Waals surface area contributed by atoms with E-state index in [0.717, 1.165) is 13.1 Å². The van der Waals surface area contributed by atoms with Gasteiger partial charge in [-0.2, -0.15) is 0 Å². The van der Waals surface area contributed by atoms with Crippen LogP contribution in [0.5, 0.6) is 0 Å². The molecule has 10 heavy (non-hydrogen) atoms. The Kier molecular flexibility index (Phi) is 4.21. The number of halogens is 1. The van der Waals surface area contributed by atoms with Crippen molar-refractivity contribution in [1.82, 2.24) is 4.90 Å². The van der Waals surface area contributed by atoms with Crippen molar-refractivity contribution >= 4 is 12.4 Å². The minimum atomic E-state index is 0. The predicted octanol–water partition coefficient (Wildman–Crippen LogP) is 2.20. The van der Waals surface area contributed by atoms with Crippen LogP contribution in [0.2, 0.25) is 0 Å². The second-order valence-electron chi connectivity index (χ2n) is 2.42. The summed E-state index contributed by atoms with van der Waals surface area (Å²) in [5.41, 5.74) is 1.44. The van der Waals surface area contributed by atoms with Crippen molar-refractivity contribution in [2.75, 3.05) is 13.1 Å². The van der Waals surface area contributed by atoms with Gasteiger partial charge in [-0.1, -0.05) is 11.6 Å². The van der Waals surface area contributed by atoms with Gasteiger partial charge in [0.1, 0.15) is 0 Å². The van der Waals surface area contributed by atoms with Crippen LogP contribution in [0.1, 0.15) is 13.8 Å². The van der Waals surface area contributed by atoms with Crippen LogP contribution in [-0.4, -0.2) is 18.0 Å². The van der Waals surface area contributed by atoms with Crippen molar-refractivity contribution in [1.29, 1.82) is 0 Å². The van der Waals surface area contributed by atoms with Crippen LogP contribution in [0.25, 0.3) is 0 Å². The fraction of sp³-hybridized carbons (Fsp3) is 0.500. The van der Waals surface area contributed by atoms with Gasteiger partial charge in [-0.05, 0) is 26.1 Å². The summed E-state index contributed by atoms with van der Waals surface area (Å²) in [6, 6.07) is 0. The highest BCUT2D eigenvalue weighted by atomic mass is 35.5. The Labute approximate surface area is 68.8 Å². The lowest BCUT2D eigenvalue weighted by Gasteiger charge is -2.20. The van der Waals surface area contributed by atoms with Gasteiger partial charge in [-0.25, -0.2) is 0 Å². The minimum absolute atomic E-state index is 0. The van der Waals surface area contributed by atoms with E-state index in [-0.39, 0.29) is 12.4 Å². The molecule has 1 heterocycles. The van der Waals surface area contributed by atoms with Gasteiger partial charge >= 0.3 is 0 Å². The zero-order valence-corrected chi connectivity index (χ0v) is 7.32. The quantitative estimate of drug-likeness (QED) is 0.567. The Morgan fingerprint density at radius 2 is 2.30 bits per heavy atom. The summed E-state index contributed by atoms with van der Waals surface area (Å²) in [6.45, 7) is 6.55. The zero-order chi connectivity index (χ0) is 6.69. The second kappa shape index (κ2) is 4.40. The molecule has 0 amide bonds. The number of nitrogens with zero attached hydrogens (tertiary/aromatic N) is 1. The minimum Gasteiger partial charge on any atom is -0.374 e. The summed E-state index contributed by atoms with van der Waals surface area (Å²) in [4.78, 5) is 2.29. The molecule has 0 bridgehead atoms. The maximum Gasteiger partial charge on any atom is 0.0383 e. The van der Waals surface area contributed by atoms with Crippen molar-refractivity contribution in [2.24, 2.45) is 0 Å². The van der Waals surface area contributed by atoms with Crippen LogP contribution < -0.4 is 0 Å². The molecule has 0 spiro atoms. The summed E-state index contributed by atoms with van der Waals surface area (Å²) in [6.07, 6.45) is 6.39. The van der Waals surface area contributed by atoms with Gasteiger partial charge in [0.25, 0.3) is 0 Å². The molecule has 0 atom stereocenters. The van der Waals surface area contributed by atoms with E-state index < -0.39 is 0 Å². The number of hydrogen-bond donors (Lipinski definition) is 0. The molecule has 0 saturated carbocycles. The van der Waals surface area contributed by atoms with Crippen molar-refractivity contribution in [3.8, 4) is 0 Å². The van der Waals surface area contributed by atoms with Crippen LogP contribution in [0.15, 0.2) is 23.9 Å². The second-order valence-corrected chi connectivity index (χ2v) is 2.42. The molecule has 1 rings (SSSR count). The SMILES string of the molecule is CCN1C=CC=C(C)C1.Cl.